The van der Waals surface area contributed by atoms with Crippen LogP contribution in [0.5, 0.6) is 0 Å². The van der Waals surface area contributed by atoms with Gasteiger partial charge in [-0.05, 0) is 74.6 Å². The molecule has 0 amide bonds. The lowest BCUT2D eigenvalue weighted by Gasteiger charge is -2.29. The molecule has 0 saturated heterocycles. The SMILES string of the molecule is CCCCCCCCCCP(CC)C(CCCCCCCCC)p1c(C)c(C)c(C)c1C. The fraction of sp³-hybridized carbons (Fsp3) is 0.867. The Hall–Kier alpha value is 0.210. The molecule has 0 aliphatic heterocycles. The summed E-state index contributed by atoms with van der Waals surface area (Å²) in [6.45, 7) is 16.9. The van der Waals surface area contributed by atoms with Crippen LogP contribution < -0.4 is 0 Å². The standard InChI is InChI=1S/C30H58P2/c1-8-11-13-15-17-19-21-23-25-31(10-3)30(24-22-20-18-16-14-12-9-2)32-28(6)26(4)27(5)29(32)7/h30H,8-25H2,1-7H3. The summed E-state index contributed by atoms with van der Waals surface area (Å²) in [6, 6.07) is 0. The molecule has 2 atom stereocenters. The van der Waals surface area contributed by atoms with Gasteiger partial charge in [0.15, 0.2) is 0 Å². The Balaban J connectivity index is 2.67. The van der Waals surface area contributed by atoms with E-state index in [4.69, 9.17) is 0 Å². The molecule has 0 bridgehead atoms. The summed E-state index contributed by atoms with van der Waals surface area (Å²) in [4.78, 5) is 0. The van der Waals surface area contributed by atoms with Gasteiger partial charge in [0, 0.05) is 5.40 Å². The minimum atomic E-state index is -0.0315. The van der Waals surface area contributed by atoms with E-state index in [0.717, 1.165) is 5.40 Å². The fourth-order valence-corrected chi connectivity index (χ4v) is 13.6. The lowest BCUT2D eigenvalue weighted by Crippen LogP contribution is -1.98. The van der Waals surface area contributed by atoms with E-state index in [1.54, 1.807) is 27.9 Å². The van der Waals surface area contributed by atoms with Gasteiger partial charge in [0.05, 0.1) is 0 Å². The normalized spacial score (nSPS) is 13.6. The summed E-state index contributed by atoms with van der Waals surface area (Å²) < 4.78 is 0. The molecule has 1 aromatic rings. The van der Waals surface area contributed by atoms with Crippen LogP contribution in [0.3, 0.4) is 0 Å². The maximum absolute atomic E-state index is 2.51. The Kier molecular flexibility index (Phi) is 17.5. The average molecular weight is 481 g/mol. The maximum atomic E-state index is 2.51. The van der Waals surface area contributed by atoms with Crippen molar-refractivity contribution in [3.8, 4) is 0 Å². The molecule has 32 heavy (non-hydrogen) atoms. The predicted molar refractivity (Wildman–Crippen MR) is 155 cm³/mol. The summed E-state index contributed by atoms with van der Waals surface area (Å²) in [5.41, 5.74) is 3.27. The molecule has 188 valence electrons. The Morgan fingerprint density at radius 1 is 0.562 bits per heavy atom. The van der Waals surface area contributed by atoms with Crippen molar-refractivity contribution in [1.82, 2.24) is 0 Å². The molecule has 0 aliphatic carbocycles. The Bertz CT molecular complexity index is 561. The third kappa shape index (κ3) is 10.6. The van der Waals surface area contributed by atoms with Gasteiger partial charge in [-0.1, -0.05) is 119 Å². The molecular weight excluding hydrogens is 422 g/mol. The van der Waals surface area contributed by atoms with Crippen molar-refractivity contribution < 1.29 is 0 Å². The van der Waals surface area contributed by atoms with Gasteiger partial charge in [0.2, 0.25) is 0 Å². The van der Waals surface area contributed by atoms with Crippen LogP contribution >= 0.6 is 15.5 Å². The maximum Gasteiger partial charge on any atom is 0.0181 e. The van der Waals surface area contributed by atoms with Gasteiger partial charge in [0.25, 0.3) is 0 Å². The lowest BCUT2D eigenvalue weighted by molar-refractivity contribution is 0.578. The first-order chi connectivity index (χ1) is 15.5. The van der Waals surface area contributed by atoms with Crippen molar-refractivity contribution in [3.63, 3.8) is 0 Å². The minimum absolute atomic E-state index is 0.0315. The molecule has 0 saturated carbocycles. The van der Waals surface area contributed by atoms with Crippen LogP contribution in [0.25, 0.3) is 0 Å². The van der Waals surface area contributed by atoms with E-state index in [-0.39, 0.29) is 15.5 Å². The lowest BCUT2D eigenvalue weighted by atomic mass is 10.1. The Morgan fingerprint density at radius 3 is 1.41 bits per heavy atom. The molecule has 0 fully saturated rings. The smallest absolute Gasteiger partial charge is 0.0181 e. The van der Waals surface area contributed by atoms with Crippen molar-refractivity contribution >= 4 is 15.5 Å². The van der Waals surface area contributed by atoms with E-state index in [1.807, 2.05) is 0 Å². The Labute approximate surface area is 205 Å². The zero-order chi connectivity index (χ0) is 23.8. The number of rotatable bonds is 20. The molecular formula is C30H58P2. The first-order valence-corrected chi connectivity index (χ1v) is 17.6. The number of hydrogen-bond acceptors (Lipinski definition) is 0. The molecule has 0 radical (unpaired) electrons. The highest BCUT2D eigenvalue weighted by Gasteiger charge is 2.26. The van der Waals surface area contributed by atoms with E-state index in [0.29, 0.717) is 0 Å². The molecule has 0 N–H and O–H groups in total. The van der Waals surface area contributed by atoms with Crippen molar-refractivity contribution in [1.29, 1.82) is 0 Å². The van der Waals surface area contributed by atoms with E-state index >= 15 is 0 Å². The van der Waals surface area contributed by atoms with Crippen LogP contribution in [0.1, 0.15) is 151 Å². The van der Waals surface area contributed by atoms with Crippen LogP contribution in [-0.4, -0.2) is 12.3 Å². The van der Waals surface area contributed by atoms with Gasteiger partial charge in [-0.15, -0.1) is 7.53 Å². The van der Waals surface area contributed by atoms with E-state index in [2.05, 4.69) is 48.5 Å². The summed E-state index contributed by atoms with van der Waals surface area (Å²) in [5.74, 6) is 0. The van der Waals surface area contributed by atoms with E-state index in [1.165, 1.54) is 109 Å². The largest absolute Gasteiger partial charge is 0.111 e. The third-order valence-corrected chi connectivity index (χ3v) is 15.3. The fourth-order valence-electron chi connectivity index (χ4n) is 5.33. The topological polar surface area (TPSA) is 0 Å². The molecule has 0 spiro atoms. The zero-order valence-electron chi connectivity index (χ0n) is 23.2. The second-order valence-corrected chi connectivity index (χ2v) is 16.3. The van der Waals surface area contributed by atoms with Crippen molar-refractivity contribution in [2.45, 2.75) is 157 Å². The van der Waals surface area contributed by atoms with Crippen LogP contribution in [-0.2, 0) is 0 Å². The molecule has 2 unspecified atom stereocenters. The first kappa shape index (κ1) is 30.2. The van der Waals surface area contributed by atoms with Gasteiger partial charge in [-0.2, -0.15) is 0 Å². The quantitative estimate of drug-likeness (QED) is 0.129. The summed E-state index contributed by atoms with van der Waals surface area (Å²) in [6.07, 6.45) is 26.3. The molecule has 0 aromatic carbocycles. The van der Waals surface area contributed by atoms with Gasteiger partial charge < -0.3 is 0 Å². The highest BCUT2D eigenvalue weighted by Crippen LogP contribution is 2.67. The monoisotopic (exact) mass is 480 g/mol. The number of unbranched alkanes of at least 4 members (excludes halogenated alkanes) is 13. The van der Waals surface area contributed by atoms with Crippen LogP contribution in [0, 0.1) is 27.7 Å². The Morgan fingerprint density at radius 2 is 0.969 bits per heavy atom. The second kappa shape index (κ2) is 18.5. The summed E-state index contributed by atoms with van der Waals surface area (Å²) in [7, 11) is 0.144. The number of hydrogen-bond donors (Lipinski definition) is 0. The van der Waals surface area contributed by atoms with E-state index in [9.17, 15) is 0 Å². The third-order valence-electron chi connectivity index (χ3n) is 7.86. The minimum Gasteiger partial charge on any atom is -0.111 e. The van der Waals surface area contributed by atoms with Gasteiger partial charge in [-0.3, -0.25) is 0 Å². The second-order valence-electron chi connectivity index (χ2n) is 10.3. The van der Waals surface area contributed by atoms with Crippen LogP contribution in [0.4, 0.5) is 0 Å². The van der Waals surface area contributed by atoms with E-state index < -0.39 is 0 Å². The molecule has 0 nitrogen and oxygen atoms in total. The highest BCUT2D eigenvalue weighted by molar-refractivity contribution is 7.72. The van der Waals surface area contributed by atoms with Crippen LogP contribution in [0.2, 0.25) is 0 Å². The van der Waals surface area contributed by atoms with Gasteiger partial charge in [0.1, 0.15) is 0 Å². The molecule has 1 aromatic heterocycles. The van der Waals surface area contributed by atoms with Gasteiger partial charge in [-0.25, -0.2) is 0 Å². The molecule has 1 rings (SSSR count). The molecule has 0 aliphatic rings. The molecule has 1 heterocycles. The molecule has 2 heteroatoms. The first-order valence-electron chi connectivity index (χ1n) is 14.4. The van der Waals surface area contributed by atoms with Crippen molar-refractivity contribution in [2.75, 3.05) is 12.3 Å². The van der Waals surface area contributed by atoms with Crippen molar-refractivity contribution in [3.05, 3.63) is 21.7 Å². The van der Waals surface area contributed by atoms with Crippen LogP contribution in [0.15, 0.2) is 0 Å². The highest BCUT2D eigenvalue weighted by atomic mass is 31.2. The zero-order valence-corrected chi connectivity index (χ0v) is 25.0. The van der Waals surface area contributed by atoms with Crippen molar-refractivity contribution in [2.24, 2.45) is 0 Å². The summed E-state index contributed by atoms with van der Waals surface area (Å²) in [5, 5.41) is 4.55. The predicted octanol–water partition coefficient (Wildman–Crippen LogP) is 12.2. The summed E-state index contributed by atoms with van der Waals surface area (Å²) >= 11 is 0. The van der Waals surface area contributed by atoms with Gasteiger partial charge >= 0.3 is 0 Å². The average Bonchev–Trinajstić information content (AvgIpc) is 2.98.